The van der Waals surface area contributed by atoms with Crippen molar-refractivity contribution in [1.82, 2.24) is 0 Å². The van der Waals surface area contributed by atoms with Gasteiger partial charge in [-0.25, -0.2) is 0 Å². The highest BCUT2D eigenvalue weighted by Gasteiger charge is 2.47. The topological polar surface area (TPSA) is 74.6 Å². The fraction of sp³-hybridized carbons (Fsp3) is 0.571. The number of hydrogen-bond acceptors (Lipinski definition) is 2. The van der Waals surface area contributed by atoms with Crippen molar-refractivity contribution in [3.63, 3.8) is 0 Å². The van der Waals surface area contributed by atoms with Crippen molar-refractivity contribution in [2.24, 2.45) is 17.3 Å². The van der Waals surface area contributed by atoms with E-state index in [0.29, 0.717) is 32.1 Å². The van der Waals surface area contributed by atoms with Gasteiger partial charge in [0.1, 0.15) is 0 Å². The van der Waals surface area contributed by atoms with Crippen molar-refractivity contribution in [3.05, 3.63) is 25.3 Å². The highest BCUT2D eigenvalue weighted by molar-refractivity contribution is 5.74. The van der Waals surface area contributed by atoms with Crippen LogP contribution in [0.3, 0.4) is 0 Å². The first-order valence-electron chi connectivity index (χ1n) is 6.14. The number of carboxylic acids is 2. The van der Waals surface area contributed by atoms with Gasteiger partial charge in [0.15, 0.2) is 0 Å². The Labute approximate surface area is 107 Å². The molecular formula is C14H20O4. The summed E-state index contributed by atoms with van der Waals surface area (Å²) in [6.45, 7) is 7.34. The minimum atomic E-state index is -0.845. The van der Waals surface area contributed by atoms with E-state index in [0.717, 1.165) is 0 Å². The van der Waals surface area contributed by atoms with E-state index in [1.54, 1.807) is 12.2 Å². The zero-order chi connectivity index (χ0) is 13.8. The second-order valence-corrected chi connectivity index (χ2v) is 5.06. The van der Waals surface area contributed by atoms with Gasteiger partial charge in [0, 0.05) is 0 Å². The summed E-state index contributed by atoms with van der Waals surface area (Å²) in [5.74, 6) is -2.65. The van der Waals surface area contributed by atoms with Crippen LogP contribution in [-0.2, 0) is 9.59 Å². The minimum absolute atomic E-state index is 0.386. The lowest BCUT2D eigenvalue weighted by Gasteiger charge is -2.43. The second kappa shape index (κ2) is 5.85. The summed E-state index contributed by atoms with van der Waals surface area (Å²) < 4.78 is 0. The number of carboxylic acid groups (broad SMARTS) is 2. The molecule has 0 spiro atoms. The Balaban J connectivity index is 3.06. The molecule has 1 fully saturated rings. The van der Waals surface area contributed by atoms with Crippen LogP contribution < -0.4 is 0 Å². The van der Waals surface area contributed by atoms with E-state index in [2.05, 4.69) is 13.2 Å². The predicted molar refractivity (Wildman–Crippen MR) is 68.2 cm³/mol. The Morgan fingerprint density at radius 1 is 1.11 bits per heavy atom. The van der Waals surface area contributed by atoms with Crippen LogP contribution in [0, 0.1) is 17.3 Å². The summed E-state index contributed by atoms with van der Waals surface area (Å²) >= 11 is 0. The van der Waals surface area contributed by atoms with Crippen molar-refractivity contribution in [1.29, 1.82) is 0 Å². The van der Waals surface area contributed by atoms with E-state index in [1.165, 1.54) is 0 Å². The quantitative estimate of drug-likeness (QED) is 0.713. The molecule has 2 unspecified atom stereocenters. The van der Waals surface area contributed by atoms with Gasteiger partial charge in [-0.05, 0) is 37.5 Å². The van der Waals surface area contributed by atoms with Crippen LogP contribution >= 0.6 is 0 Å². The maximum absolute atomic E-state index is 11.4. The third-order valence-corrected chi connectivity index (χ3v) is 3.94. The largest absolute Gasteiger partial charge is 0.481 e. The molecule has 0 aliphatic heterocycles. The third kappa shape index (κ3) is 2.81. The van der Waals surface area contributed by atoms with E-state index < -0.39 is 29.2 Å². The molecule has 0 aromatic rings. The first-order valence-corrected chi connectivity index (χ1v) is 6.14. The number of rotatable bonds is 6. The van der Waals surface area contributed by atoms with Gasteiger partial charge in [-0.2, -0.15) is 0 Å². The van der Waals surface area contributed by atoms with Gasteiger partial charge in [0.05, 0.1) is 11.8 Å². The average Bonchev–Trinajstić information content (AvgIpc) is 2.28. The molecule has 0 heterocycles. The van der Waals surface area contributed by atoms with Crippen LogP contribution in [0.5, 0.6) is 0 Å². The van der Waals surface area contributed by atoms with Crippen LogP contribution in [0.4, 0.5) is 0 Å². The average molecular weight is 252 g/mol. The standard InChI is InChI=1S/C14H20O4/c1-3-7-14(8-4-2)9-10(12(15)16)5-6-11(14)13(17)18/h3-4,10-11H,1-2,5-9H2,(H,15,16)(H,17,18). The molecular weight excluding hydrogens is 232 g/mol. The van der Waals surface area contributed by atoms with Crippen LogP contribution in [0.15, 0.2) is 25.3 Å². The van der Waals surface area contributed by atoms with E-state index in [-0.39, 0.29) is 0 Å². The third-order valence-electron chi connectivity index (χ3n) is 3.94. The lowest BCUT2D eigenvalue weighted by Crippen LogP contribution is -2.42. The Kier molecular flexibility index (Phi) is 4.70. The van der Waals surface area contributed by atoms with Gasteiger partial charge in [-0.1, -0.05) is 12.2 Å². The summed E-state index contributed by atoms with van der Waals surface area (Å²) in [6, 6.07) is 0. The van der Waals surface area contributed by atoms with E-state index in [1.807, 2.05) is 0 Å². The SMILES string of the molecule is C=CCC1(CC=C)CC(C(=O)O)CCC1C(=O)O. The number of allylic oxidation sites excluding steroid dienone is 2. The molecule has 2 N–H and O–H groups in total. The van der Waals surface area contributed by atoms with Crippen molar-refractivity contribution >= 4 is 11.9 Å². The molecule has 100 valence electrons. The van der Waals surface area contributed by atoms with Gasteiger partial charge in [0.2, 0.25) is 0 Å². The van der Waals surface area contributed by atoms with E-state index >= 15 is 0 Å². The Hall–Kier alpha value is -1.58. The maximum atomic E-state index is 11.4. The van der Waals surface area contributed by atoms with Gasteiger partial charge >= 0.3 is 11.9 Å². The minimum Gasteiger partial charge on any atom is -0.481 e. The number of aliphatic carboxylic acids is 2. The molecule has 0 aromatic heterocycles. The maximum Gasteiger partial charge on any atom is 0.307 e. The van der Waals surface area contributed by atoms with Crippen LogP contribution in [0.1, 0.15) is 32.1 Å². The van der Waals surface area contributed by atoms with Crippen LogP contribution in [0.2, 0.25) is 0 Å². The van der Waals surface area contributed by atoms with Crippen molar-refractivity contribution < 1.29 is 19.8 Å². The number of carbonyl (C=O) groups is 2. The zero-order valence-electron chi connectivity index (χ0n) is 10.5. The van der Waals surface area contributed by atoms with Crippen LogP contribution in [0.25, 0.3) is 0 Å². The van der Waals surface area contributed by atoms with Crippen molar-refractivity contribution in [3.8, 4) is 0 Å². The van der Waals surface area contributed by atoms with Gasteiger partial charge < -0.3 is 10.2 Å². The molecule has 1 rings (SSSR count). The summed E-state index contributed by atoms with van der Waals surface area (Å²) in [5, 5.41) is 18.5. The highest BCUT2D eigenvalue weighted by atomic mass is 16.4. The molecule has 18 heavy (non-hydrogen) atoms. The normalized spacial score (nSPS) is 26.2. The molecule has 4 heteroatoms. The molecule has 0 saturated heterocycles. The summed E-state index contributed by atoms with van der Waals surface area (Å²) in [7, 11) is 0. The molecule has 2 atom stereocenters. The fourth-order valence-corrected chi connectivity index (χ4v) is 3.11. The van der Waals surface area contributed by atoms with Gasteiger partial charge in [0.25, 0.3) is 0 Å². The Morgan fingerprint density at radius 3 is 2.06 bits per heavy atom. The Morgan fingerprint density at radius 2 is 1.67 bits per heavy atom. The molecule has 0 amide bonds. The van der Waals surface area contributed by atoms with Crippen molar-refractivity contribution in [2.75, 3.05) is 0 Å². The Bertz CT molecular complexity index is 349. The first-order chi connectivity index (χ1) is 8.46. The lowest BCUT2D eigenvalue weighted by molar-refractivity contribution is -0.155. The zero-order valence-corrected chi connectivity index (χ0v) is 10.5. The summed E-state index contributed by atoms with van der Waals surface area (Å²) in [6.07, 6.45) is 5.63. The van der Waals surface area contributed by atoms with E-state index in [9.17, 15) is 14.7 Å². The summed E-state index contributed by atoms with van der Waals surface area (Å²) in [5.41, 5.74) is -0.545. The van der Waals surface area contributed by atoms with Crippen molar-refractivity contribution in [2.45, 2.75) is 32.1 Å². The highest BCUT2D eigenvalue weighted by Crippen LogP contribution is 2.49. The fourth-order valence-electron chi connectivity index (χ4n) is 3.11. The smallest absolute Gasteiger partial charge is 0.307 e. The molecule has 0 aromatic carbocycles. The molecule has 1 saturated carbocycles. The molecule has 1 aliphatic rings. The molecule has 0 bridgehead atoms. The first kappa shape index (κ1) is 14.5. The monoisotopic (exact) mass is 252 g/mol. The molecule has 4 nitrogen and oxygen atoms in total. The van der Waals surface area contributed by atoms with Gasteiger partial charge in [-0.3, -0.25) is 9.59 Å². The predicted octanol–water partition coefficient (Wildman–Crippen LogP) is 2.71. The summed E-state index contributed by atoms with van der Waals surface area (Å²) in [4.78, 5) is 22.5. The number of hydrogen-bond donors (Lipinski definition) is 2. The second-order valence-electron chi connectivity index (χ2n) is 5.06. The molecule has 0 radical (unpaired) electrons. The van der Waals surface area contributed by atoms with Crippen LogP contribution in [-0.4, -0.2) is 22.2 Å². The van der Waals surface area contributed by atoms with E-state index in [4.69, 9.17) is 5.11 Å². The lowest BCUT2D eigenvalue weighted by atomic mass is 9.59. The molecule has 1 aliphatic carbocycles. The van der Waals surface area contributed by atoms with Gasteiger partial charge in [-0.15, -0.1) is 13.2 Å².